The summed E-state index contributed by atoms with van der Waals surface area (Å²) in [6.45, 7) is 11.2. The number of carbonyl (C=O) groups is 2. The summed E-state index contributed by atoms with van der Waals surface area (Å²) in [5, 5.41) is 5.59. The van der Waals surface area contributed by atoms with E-state index in [1.54, 1.807) is 48.6 Å². The Morgan fingerprint density at radius 1 is 1.00 bits per heavy atom. The second-order valence-electron chi connectivity index (χ2n) is 6.69. The number of ether oxygens (including phenoxy) is 2. The van der Waals surface area contributed by atoms with Crippen molar-refractivity contribution in [2.75, 3.05) is 13.6 Å². The first-order chi connectivity index (χ1) is 8.93. The van der Waals surface area contributed by atoms with Crippen LogP contribution in [0.2, 0.25) is 0 Å². The van der Waals surface area contributed by atoms with Crippen molar-refractivity contribution in [3.63, 3.8) is 0 Å². The first kappa shape index (κ1) is 18.7. The largest absolute Gasteiger partial charge is 0.460 e. The number of amides is 1. The molecule has 0 heterocycles. The third-order valence-electron chi connectivity index (χ3n) is 2.00. The van der Waals surface area contributed by atoms with E-state index in [2.05, 4.69) is 10.6 Å². The van der Waals surface area contributed by atoms with Crippen LogP contribution in [-0.2, 0) is 14.3 Å². The van der Waals surface area contributed by atoms with Crippen LogP contribution >= 0.6 is 0 Å². The Labute approximate surface area is 121 Å². The van der Waals surface area contributed by atoms with Gasteiger partial charge in [0.2, 0.25) is 0 Å². The summed E-state index contributed by atoms with van der Waals surface area (Å²) in [7, 11) is 1.75. The number of hydrogen-bond acceptors (Lipinski definition) is 5. The fraction of sp³-hybridized carbons (Fsp3) is 0.857. The molecule has 0 aromatic carbocycles. The average Bonchev–Trinajstić information content (AvgIpc) is 2.10. The predicted molar refractivity (Wildman–Crippen MR) is 77.5 cm³/mol. The van der Waals surface area contributed by atoms with Crippen LogP contribution in [0.1, 0.15) is 48.0 Å². The minimum atomic E-state index is -0.569. The van der Waals surface area contributed by atoms with Gasteiger partial charge >= 0.3 is 12.1 Å². The highest BCUT2D eigenvalue weighted by Gasteiger charge is 2.23. The molecule has 0 saturated heterocycles. The summed E-state index contributed by atoms with van der Waals surface area (Å²) in [6.07, 6.45) is -0.446. The number of hydrogen-bond donors (Lipinski definition) is 2. The second-order valence-corrected chi connectivity index (χ2v) is 6.69. The zero-order chi connectivity index (χ0) is 16.0. The Balaban J connectivity index is 4.43. The third-order valence-corrected chi connectivity index (χ3v) is 2.00. The molecule has 0 saturated carbocycles. The maximum absolute atomic E-state index is 11.8. The number of likely N-dealkylation sites (N-methyl/N-ethyl adjacent to an activating group) is 1. The van der Waals surface area contributed by atoms with Crippen molar-refractivity contribution >= 4 is 12.1 Å². The van der Waals surface area contributed by atoms with Gasteiger partial charge in [-0.3, -0.25) is 4.79 Å². The molecule has 0 aromatic heterocycles. The lowest BCUT2D eigenvalue weighted by Crippen LogP contribution is -2.45. The monoisotopic (exact) mass is 288 g/mol. The summed E-state index contributed by atoms with van der Waals surface area (Å²) >= 11 is 0. The Morgan fingerprint density at radius 3 is 1.90 bits per heavy atom. The molecule has 0 rings (SSSR count). The Hall–Kier alpha value is -1.30. The molecule has 0 aliphatic heterocycles. The molecule has 0 spiro atoms. The van der Waals surface area contributed by atoms with Gasteiger partial charge in [-0.1, -0.05) is 0 Å². The van der Waals surface area contributed by atoms with Crippen LogP contribution in [0, 0.1) is 0 Å². The molecule has 0 unspecified atom stereocenters. The Morgan fingerprint density at radius 2 is 1.50 bits per heavy atom. The quantitative estimate of drug-likeness (QED) is 0.755. The van der Waals surface area contributed by atoms with E-state index in [0.29, 0.717) is 6.54 Å². The van der Waals surface area contributed by atoms with Gasteiger partial charge in [-0.25, -0.2) is 4.79 Å². The summed E-state index contributed by atoms with van der Waals surface area (Å²) < 4.78 is 10.4. The summed E-state index contributed by atoms with van der Waals surface area (Å²) in [6, 6.07) is -0.371. The van der Waals surface area contributed by atoms with Gasteiger partial charge in [0, 0.05) is 6.54 Å². The van der Waals surface area contributed by atoms with Gasteiger partial charge in [0.15, 0.2) is 0 Å². The first-order valence-corrected chi connectivity index (χ1v) is 6.79. The van der Waals surface area contributed by atoms with Crippen molar-refractivity contribution in [3.05, 3.63) is 0 Å². The molecule has 6 nitrogen and oxygen atoms in total. The minimum Gasteiger partial charge on any atom is -0.460 e. The van der Waals surface area contributed by atoms with Crippen molar-refractivity contribution in [2.45, 2.75) is 65.2 Å². The van der Waals surface area contributed by atoms with Gasteiger partial charge < -0.3 is 20.1 Å². The smallest absolute Gasteiger partial charge is 0.407 e. The van der Waals surface area contributed by atoms with Crippen LogP contribution in [0.25, 0.3) is 0 Å². The normalized spacial score (nSPS) is 13.6. The highest BCUT2D eigenvalue weighted by Crippen LogP contribution is 2.10. The first-order valence-electron chi connectivity index (χ1n) is 6.79. The molecule has 0 bridgehead atoms. The molecule has 6 heteroatoms. The van der Waals surface area contributed by atoms with Crippen LogP contribution in [0.4, 0.5) is 4.79 Å². The predicted octanol–water partition coefficient (Wildman–Crippen LogP) is 1.83. The molecular weight excluding hydrogens is 260 g/mol. The SMILES string of the molecule is CNC[C@@H](CC(=O)OC(C)(C)C)NC(=O)OC(C)(C)C. The van der Waals surface area contributed by atoms with Crippen molar-refractivity contribution in [2.24, 2.45) is 0 Å². The lowest BCUT2D eigenvalue weighted by atomic mass is 10.1. The molecular formula is C14H28N2O4. The Kier molecular flexibility index (Phi) is 6.99. The summed E-state index contributed by atoms with van der Waals surface area (Å²) in [5.41, 5.74) is -1.10. The zero-order valence-corrected chi connectivity index (χ0v) is 13.6. The molecule has 0 aliphatic carbocycles. The van der Waals surface area contributed by atoms with Gasteiger partial charge in [-0.05, 0) is 48.6 Å². The van der Waals surface area contributed by atoms with Crippen LogP contribution in [0.5, 0.6) is 0 Å². The van der Waals surface area contributed by atoms with Gasteiger partial charge in [0.25, 0.3) is 0 Å². The van der Waals surface area contributed by atoms with Gasteiger partial charge in [-0.15, -0.1) is 0 Å². The van der Waals surface area contributed by atoms with Crippen molar-refractivity contribution in [3.8, 4) is 0 Å². The minimum absolute atomic E-state index is 0.0946. The van der Waals surface area contributed by atoms with E-state index in [1.165, 1.54) is 0 Å². The lowest BCUT2D eigenvalue weighted by Gasteiger charge is -2.25. The number of esters is 1. The van der Waals surface area contributed by atoms with E-state index in [-0.39, 0.29) is 18.4 Å². The van der Waals surface area contributed by atoms with Crippen molar-refractivity contribution in [1.82, 2.24) is 10.6 Å². The zero-order valence-electron chi connectivity index (χ0n) is 13.6. The highest BCUT2D eigenvalue weighted by molar-refractivity contribution is 5.73. The number of carbonyl (C=O) groups excluding carboxylic acids is 2. The molecule has 118 valence electrons. The van der Waals surface area contributed by atoms with Crippen LogP contribution < -0.4 is 10.6 Å². The van der Waals surface area contributed by atoms with Crippen molar-refractivity contribution in [1.29, 1.82) is 0 Å². The topological polar surface area (TPSA) is 76.7 Å². The highest BCUT2D eigenvalue weighted by atomic mass is 16.6. The lowest BCUT2D eigenvalue weighted by molar-refractivity contribution is -0.155. The number of rotatable bonds is 5. The fourth-order valence-electron chi connectivity index (χ4n) is 1.48. The second kappa shape index (κ2) is 7.47. The van der Waals surface area contributed by atoms with E-state index < -0.39 is 17.3 Å². The van der Waals surface area contributed by atoms with Crippen LogP contribution in [0.15, 0.2) is 0 Å². The third kappa shape index (κ3) is 10.6. The molecule has 20 heavy (non-hydrogen) atoms. The number of alkyl carbamates (subject to hydrolysis) is 1. The molecule has 0 aromatic rings. The van der Waals surface area contributed by atoms with Crippen molar-refractivity contribution < 1.29 is 19.1 Å². The van der Waals surface area contributed by atoms with Gasteiger partial charge in [0.1, 0.15) is 11.2 Å². The van der Waals surface area contributed by atoms with E-state index in [9.17, 15) is 9.59 Å². The average molecular weight is 288 g/mol. The molecule has 0 fully saturated rings. The number of nitrogens with one attached hydrogen (secondary N) is 2. The van der Waals surface area contributed by atoms with Gasteiger partial charge in [-0.2, -0.15) is 0 Å². The fourth-order valence-corrected chi connectivity index (χ4v) is 1.48. The molecule has 0 aliphatic rings. The van der Waals surface area contributed by atoms with E-state index in [4.69, 9.17) is 9.47 Å². The van der Waals surface area contributed by atoms with Crippen LogP contribution in [-0.4, -0.2) is 42.9 Å². The van der Waals surface area contributed by atoms with E-state index in [0.717, 1.165) is 0 Å². The molecule has 0 radical (unpaired) electrons. The molecule has 1 amide bonds. The standard InChI is InChI=1S/C14H28N2O4/c1-13(2,3)19-11(17)8-10(9-15-7)16-12(18)20-14(4,5)6/h10,15H,8-9H2,1-7H3,(H,16,18)/t10-/m1/s1. The maximum Gasteiger partial charge on any atom is 0.407 e. The van der Waals surface area contributed by atoms with E-state index >= 15 is 0 Å². The van der Waals surface area contributed by atoms with Gasteiger partial charge in [0.05, 0.1) is 12.5 Å². The molecule has 1 atom stereocenters. The van der Waals surface area contributed by atoms with E-state index in [1.807, 2.05) is 0 Å². The van der Waals surface area contributed by atoms with Crippen LogP contribution in [0.3, 0.4) is 0 Å². The molecule has 2 N–H and O–H groups in total. The Bertz CT molecular complexity index is 299. The summed E-state index contributed by atoms with van der Waals surface area (Å²) in [4.78, 5) is 23.5. The summed E-state index contributed by atoms with van der Waals surface area (Å²) in [5.74, 6) is -0.353. The maximum atomic E-state index is 11.8.